The monoisotopic (exact) mass is 922 g/mol. The Balaban J connectivity index is 3.99. The number of hydrogen-bond donors (Lipinski definition) is 0. The van der Waals surface area contributed by atoms with Crippen LogP contribution in [0.15, 0.2) is 12.2 Å². The maximum absolute atomic E-state index is 12.7. The van der Waals surface area contributed by atoms with E-state index in [0.29, 0.717) is 23.9 Å². The molecule has 0 saturated carbocycles. The van der Waals surface area contributed by atoms with Crippen LogP contribution in [0.3, 0.4) is 0 Å². The first kappa shape index (κ1) is 63.0. The highest BCUT2D eigenvalue weighted by atomic mass is 16.7. The molecule has 9 heteroatoms. The number of allylic oxidation sites excluding steroid dienone is 2. The summed E-state index contributed by atoms with van der Waals surface area (Å²) in [6.07, 6.45) is 51.5. The molecule has 0 spiro atoms. The maximum Gasteiger partial charge on any atom is 0.306 e. The van der Waals surface area contributed by atoms with E-state index in [1.165, 1.54) is 180 Å². The molecule has 2 atom stereocenters. The highest BCUT2D eigenvalue weighted by molar-refractivity contribution is 5.70. The predicted molar refractivity (Wildman–Crippen MR) is 270 cm³/mol. The first-order valence-electron chi connectivity index (χ1n) is 27.8. The number of unbranched alkanes of at least 4 members (excludes halogenated alkanes) is 35. The molecule has 0 saturated heterocycles. The highest BCUT2D eigenvalue weighted by Crippen LogP contribution is 2.17. The topological polar surface area (TPSA) is 111 Å². The molecule has 0 aromatic rings. The van der Waals surface area contributed by atoms with Crippen molar-refractivity contribution in [3.05, 3.63) is 12.2 Å². The lowest BCUT2D eigenvalue weighted by molar-refractivity contribution is -0.870. The lowest BCUT2D eigenvalue weighted by Crippen LogP contribution is -2.44. The SMILES string of the molecule is CCC/C=C\CCCCCCCC(=O)OC(COC(=O)CCCCCCCCCCCCCCCCCCCCCCCCCCCCCCCC)COC(OCC[N+](C)(C)C)C(=O)[O-]. The van der Waals surface area contributed by atoms with Crippen molar-refractivity contribution in [2.45, 2.75) is 283 Å². The van der Waals surface area contributed by atoms with Gasteiger partial charge in [-0.2, -0.15) is 0 Å². The van der Waals surface area contributed by atoms with Gasteiger partial charge in [0.25, 0.3) is 0 Å². The van der Waals surface area contributed by atoms with Crippen LogP contribution in [-0.2, 0) is 33.3 Å². The summed E-state index contributed by atoms with van der Waals surface area (Å²) in [4.78, 5) is 37.0. The van der Waals surface area contributed by atoms with Crippen LogP contribution < -0.4 is 5.11 Å². The van der Waals surface area contributed by atoms with Gasteiger partial charge in [-0.1, -0.05) is 238 Å². The molecule has 0 heterocycles. The summed E-state index contributed by atoms with van der Waals surface area (Å²) in [5.74, 6) is -2.28. The summed E-state index contributed by atoms with van der Waals surface area (Å²) in [7, 11) is 5.92. The Kier molecular flexibility index (Phi) is 47.0. The van der Waals surface area contributed by atoms with Crippen molar-refractivity contribution in [1.29, 1.82) is 0 Å². The van der Waals surface area contributed by atoms with Crippen LogP contribution in [0, 0.1) is 0 Å². The Hall–Kier alpha value is -1.97. The molecule has 0 aromatic carbocycles. The third kappa shape index (κ3) is 49.8. The van der Waals surface area contributed by atoms with Crippen LogP contribution in [-0.4, -0.2) is 82.3 Å². The Bertz CT molecular complexity index is 1070. The average molecular weight is 922 g/mol. The minimum Gasteiger partial charge on any atom is -0.545 e. The van der Waals surface area contributed by atoms with E-state index in [-0.39, 0.29) is 32.2 Å². The van der Waals surface area contributed by atoms with Crippen molar-refractivity contribution in [2.24, 2.45) is 0 Å². The first-order chi connectivity index (χ1) is 31.6. The van der Waals surface area contributed by atoms with E-state index in [2.05, 4.69) is 26.0 Å². The second-order valence-electron chi connectivity index (χ2n) is 20.2. The standard InChI is InChI=1S/C56H107NO8/c1-6-8-10-12-14-16-18-19-20-21-22-23-24-25-26-27-28-29-30-31-32-33-34-35-36-37-39-40-42-44-46-53(58)63-50-52(51-64-56(55(60)61)62-49-48-57(3,4)5)65-54(59)47-45-43-41-38-17-15-13-11-9-7-2/h11,13,52,56H,6-10,12,14-51H2,1-5H3/b13-11-. The molecule has 0 N–H and O–H groups in total. The quantitative estimate of drug-likeness (QED) is 0.0195. The van der Waals surface area contributed by atoms with Crippen molar-refractivity contribution < 1.29 is 42.9 Å². The molecular formula is C56H107NO8. The minimum atomic E-state index is -1.62. The minimum absolute atomic E-state index is 0.149. The van der Waals surface area contributed by atoms with Gasteiger partial charge in [-0.15, -0.1) is 0 Å². The van der Waals surface area contributed by atoms with Crippen molar-refractivity contribution in [3.63, 3.8) is 0 Å². The summed E-state index contributed by atoms with van der Waals surface area (Å²) in [6, 6.07) is 0. The lowest BCUT2D eigenvalue weighted by atomic mass is 10.0. The van der Waals surface area contributed by atoms with Crippen LogP contribution in [0.5, 0.6) is 0 Å². The van der Waals surface area contributed by atoms with Crippen LogP contribution >= 0.6 is 0 Å². The molecule has 0 aliphatic carbocycles. The Morgan fingerprint density at radius 3 is 1.20 bits per heavy atom. The molecule has 0 amide bonds. The fraction of sp³-hybridized carbons (Fsp3) is 0.911. The Morgan fingerprint density at radius 2 is 0.815 bits per heavy atom. The van der Waals surface area contributed by atoms with Gasteiger partial charge in [0.1, 0.15) is 13.2 Å². The van der Waals surface area contributed by atoms with Crippen molar-refractivity contribution in [3.8, 4) is 0 Å². The largest absolute Gasteiger partial charge is 0.545 e. The molecule has 2 unspecified atom stereocenters. The number of carboxylic acid groups (broad SMARTS) is 1. The summed E-state index contributed by atoms with van der Waals surface area (Å²) < 4.78 is 22.6. The Morgan fingerprint density at radius 1 is 0.446 bits per heavy atom. The lowest BCUT2D eigenvalue weighted by Gasteiger charge is -2.26. The van der Waals surface area contributed by atoms with Crippen LogP contribution in [0.2, 0.25) is 0 Å². The third-order valence-corrected chi connectivity index (χ3v) is 12.5. The molecular weight excluding hydrogens is 815 g/mol. The van der Waals surface area contributed by atoms with Gasteiger partial charge >= 0.3 is 11.9 Å². The zero-order valence-corrected chi connectivity index (χ0v) is 43.6. The van der Waals surface area contributed by atoms with Crippen LogP contribution in [0.25, 0.3) is 0 Å². The molecule has 0 aliphatic heterocycles. The molecule has 0 rings (SSSR count). The van der Waals surface area contributed by atoms with E-state index in [1.54, 1.807) is 0 Å². The van der Waals surface area contributed by atoms with Gasteiger partial charge in [-0.3, -0.25) is 9.59 Å². The predicted octanol–water partition coefficient (Wildman–Crippen LogP) is 14.5. The number of esters is 2. The van der Waals surface area contributed by atoms with Gasteiger partial charge < -0.3 is 33.3 Å². The number of likely N-dealkylation sites (N-methyl/N-ethyl adjacent to an activating group) is 1. The van der Waals surface area contributed by atoms with Crippen molar-refractivity contribution >= 4 is 17.9 Å². The summed E-state index contributed by atoms with van der Waals surface area (Å²) in [5, 5.41) is 11.7. The number of aliphatic carboxylic acids is 1. The maximum atomic E-state index is 12.7. The van der Waals surface area contributed by atoms with E-state index in [4.69, 9.17) is 18.9 Å². The number of carbonyl (C=O) groups is 3. The fourth-order valence-corrected chi connectivity index (χ4v) is 8.19. The number of ether oxygens (including phenoxy) is 4. The number of rotatable bonds is 52. The van der Waals surface area contributed by atoms with Gasteiger partial charge in [-0.25, -0.2) is 0 Å². The van der Waals surface area contributed by atoms with Gasteiger partial charge in [0.05, 0.1) is 40.3 Å². The second-order valence-corrected chi connectivity index (χ2v) is 20.2. The van der Waals surface area contributed by atoms with E-state index in [0.717, 1.165) is 57.8 Å². The zero-order valence-electron chi connectivity index (χ0n) is 43.6. The van der Waals surface area contributed by atoms with Gasteiger partial charge in [0, 0.05) is 12.8 Å². The molecule has 0 aromatic heterocycles. The summed E-state index contributed by atoms with van der Waals surface area (Å²) >= 11 is 0. The second kappa shape index (κ2) is 48.5. The average Bonchev–Trinajstić information content (AvgIpc) is 3.27. The highest BCUT2D eigenvalue weighted by Gasteiger charge is 2.22. The summed E-state index contributed by atoms with van der Waals surface area (Å²) in [6.45, 7) is 4.71. The van der Waals surface area contributed by atoms with E-state index in [9.17, 15) is 19.5 Å². The fourth-order valence-electron chi connectivity index (χ4n) is 8.19. The number of carbonyl (C=O) groups excluding carboxylic acids is 3. The normalized spacial score (nSPS) is 12.8. The molecule has 65 heavy (non-hydrogen) atoms. The third-order valence-electron chi connectivity index (χ3n) is 12.5. The van der Waals surface area contributed by atoms with E-state index in [1.807, 2.05) is 21.1 Å². The van der Waals surface area contributed by atoms with E-state index < -0.39 is 24.3 Å². The Labute approximate surface area is 402 Å². The smallest absolute Gasteiger partial charge is 0.306 e. The van der Waals surface area contributed by atoms with Crippen molar-refractivity contribution in [2.75, 3.05) is 47.5 Å². The molecule has 9 nitrogen and oxygen atoms in total. The molecule has 0 radical (unpaired) electrons. The van der Waals surface area contributed by atoms with Crippen LogP contribution in [0.1, 0.15) is 271 Å². The van der Waals surface area contributed by atoms with Gasteiger partial charge in [0.15, 0.2) is 12.4 Å². The first-order valence-corrected chi connectivity index (χ1v) is 27.8. The number of nitrogens with zero attached hydrogens (tertiary/aromatic N) is 1. The number of carboxylic acids is 1. The van der Waals surface area contributed by atoms with E-state index >= 15 is 0 Å². The summed E-state index contributed by atoms with van der Waals surface area (Å²) in [5.41, 5.74) is 0. The van der Waals surface area contributed by atoms with Crippen molar-refractivity contribution in [1.82, 2.24) is 0 Å². The van der Waals surface area contributed by atoms with Crippen LogP contribution in [0.4, 0.5) is 0 Å². The molecule has 0 fully saturated rings. The molecule has 0 aliphatic rings. The van der Waals surface area contributed by atoms with Gasteiger partial charge in [0.2, 0.25) is 0 Å². The van der Waals surface area contributed by atoms with Gasteiger partial charge in [-0.05, 0) is 32.1 Å². The number of hydrogen-bond acceptors (Lipinski definition) is 8. The zero-order chi connectivity index (χ0) is 47.7. The molecule has 384 valence electrons. The molecule has 0 bridgehead atoms. The number of quaternary nitrogens is 1.